The van der Waals surface area contributed by atoms with Gasteiger partial charge in [0.05, 0.1) is 0 Å². The van der Waals surface area contributed by atoms with Gasteiger partial charge in [-0.3, -0.25) is 0 Å². The van der Waals surface area contributed by atoms with Crippen LogP contribution in [-0.4, -0.2) is 53.8 Å². The minimum atomic E-state index is -4.62. The predicted molar refractivity (Wildman–Crippen MR) is 95.9 cm³/mol. The third-order valence-corrected chi connectivity index (χ3v) is 9.17. The van der Waals surface area contributed by atoms with E-state index in [0.29, 0.717) is 17.4 Å². The van der Waals surface area contributed by atoms with Gasteiger partial charge in [-0.25, -0.2) is 13.4 Å². The maximum absolute atomic E-state index is 13.0. The van der Waals surface area contributed by atoms with Crippen LogP contribution in [0.3, 0.4) is 0 Å². The number of nitrogens with zero attached hydrogens (tertiary/aromatic N) is 3. The summed E-state index contributed by atoms with van der Waals surface area (Å²) in [6, 6.07) is 0.117. The molecule has 3 saturated heterocycles. The smallest absolute Gasteiger partial charge is 0.300 e. The molecule has 27 heavy (non-hydrogen) atoms. The summed E-state index contributed by atoms with van der Waals surface area (Å²) in [4.78, 5) is 5.88. The van der Waals surface area contributed by atoms with Crippen LogP contribution < -0.4 is 0 Å². The summed E-state index contributed by atoms with van der Waals surface area (Å²) in [5.74, 6) is 0.742. The Labute approximate surface area is 161 Å². The molecule has 0 aliphatic carbocycles. The van der Waals surface area contributed by atoms with E-state index in [1.165, 1.54) is 17.1 Å². The molecule has 3 atom stereocenters. The number of fused-ring (bicyclic) bond motifs is 2. The van der Waals surface area contributed by atoms with Gasteiger partial charge in [-0.2, -0.15) is 17.5 Å². The van der Waals surface area contributed by atoms with Crippen molar-refractivity contribution in [3.05, 3.63) is 10.4 Å². The number of aromatic nitrogens is 1. The number of thiazole rings is 1. The van der Waals surface area contributed by atoms with E-state index >= 15 is 0 Å². The van der Waals surface area contributed by atoms with E-state index in [9.17, 15) is 21.6 Å². The SMILES string of the molecule is CC1CCN([C@@H]2C[C@H]3CC[C@@H](C2)N3S(=O)(=O)c2csc(C(F)(F)F)n2)CC1. The average Bonchev–Trinajstić information content (AvgIpc) is 3.20. The minimum Gasteiger partial charge on any atom is -0.300 e. The van der Waals surface area contributed by atoms with Crippen LogP contribution in [0.1, 0.15) is 50.5 Å². The number of sulfonamides is 1. The standard InChI is InChI=1S/C17H24F3N3O2S2/c1-11-4-6-22(7-5-11)14-8-12-2-3-13(9-14)23(12)27(24,25)15-10-26-16(21-15)17(18,19)20/h10-14H,2-9H2,1H3/t12-,13+,14-. The van der Waals surface area contributed by atoms with Crippen molar-refractivity contribution in [2.45, 2.75) is 74.8 Å². The Hall–Kier alpha value is -0.710. The van der Waals surface area contributed by atoms with Crippen LogP contribution in [0.2, 0.25) is 0 Å². The van der Waals surface area contributed by atoms with Gasteiger partial charge in [-0.15, -0.1) is 11.3 Å². The molecule has 0 spiro atoms. The number of rotatable bonds is 3. The fraction of sp³-hybridized carbons (Fsp3) is 0.824. The molecule has 0 amide bonds. The summed E-state index contributed by atoms with van der Waals surface area (Å²) in [6.45, 7) is 4.37. The zero-order chi connectivity index (χ0) is 19.4. The van der Waals surface area contributed by atoms with E-state index in [1.54, 1.807) is 0 Å². The third-order valence-electron chi connectivity index (χ3n) is 6.24. The highest BCUT2D eigenvalue weighted by atomic mass is 32.2. The molecule has 1 aromatic rings. The molecule has 152 valence electrons. The van der Waals surface area contributed by atoms with Crippen LogP contribution in [0.5, 0.6) is 0 Å². The van der Waals surface area contributed by atoms with Gasteiger partial charge in [0.15, 0.2) is 10.0 Å². The average molecular weight is 424 g/mol. The Kier molecular flexibility index (Phi) is 5.05. The van der Waals surface area contributed by atoms with Crippen molar-refractivity contribution in [1.29, 1.82) is 0 Å². The highest BCUT2D eigenvalue weighted by molar-refractivity contribution is 7.89. The molecule has 4 rings (SSSR count). The minimum absolute atomic E-state index is 0.130. The molecule has 2 bridgehead atoms. The molecule has 0 N–H and O–H groups in total. The summed E-state index contributed by atoms with van der Waals surface area (Å²) in [5.41, 5.74) is 0. The van der Waals surface area contributed by atoms with Gasteiger partial charge in [0.1, 0.15) is 0 Å². The molecule has 3 aliphatic rings. The second-order valence-electron chi connectivity index (χ2n) is 8.05. The lowest BCUT2D eigenvalue weighted by Gasteiger charge is -2.44. The van der Waals surface area contributed by atoms with Crippen molar-refractivity contribution in [3.8, 4) is 0 Å². The molecule has 10 heteroatoms. The van der Waals surface area contributed by atoms with E-state index < -0.39 is 26.2 Å². The fourth-order valence-electron chi connectivity index (χ4n) is 4.81. The van der Waals surface area contributed by atoms with Crippen molar-refractivity contribution >= 4 is 21.4 Å². The molecule has 0 unspecified atom stereocenters. The molecule has 1 aromatic heterocycles. The topological polar surface area (TPSA) is 53.5 Å². The number of alkyl halides is 3. The monoisotopic (exact) mass is 423 g/mol. The Morgan fingerprint density at radius 3 is 2.19 bits per heavy atom. The first-order valence-corrected chi connectivity index (χ1v) is 11.8. The van der Waals surface area contributed by atoms with Crippen LogP contribution in [0.15, 0.2) is 10.4 Å². The lowest BCUT2D eigenvalue weighted by Crippen LogP contribution is -2.53. The Morgan fingerprint density at radius 2 is 1.67 bits per heavy atom. The van der Waals surface area contributed by atoms with E-state index in [2.05, 4.69) is 16.8 Å². The molecular weight excluding hydrogens is 399 g/mol. The summed E-state index contributed by atoms with van der Waals surface area (Å²) in [5, 5.41) is -0.539. The van der Waals surface area contributed by atoms with Crippen molar-refractivity contribution in [2.24, 2.45) is 5.92 Å². The Balaban J connectivity index is 1.51. The Morgan fingerprint density at radius 1 is 1.07 bits per heavy atom. The van der Waals surface area contributed by atoms with Gasteiger partial charge in [0, 0.05) is 23.5 Å². The lowest BCUT2D eigenvalue weighted by atomic mass is 9.93. The van der Waals surface area contributed by atoms with E-state index in [-0.39, 0.29) is 12.1 Å². The first kappa shape index (κ1) is 19.6. The van der Waals surface area contributed by atoms with Gasteiger partial charge >= 0.3 is 6.18 Å². The van der Waals surface area contributed by atoms with Crippen molar-refractivity contribution < 1.29 is 21.6 Å². The second-order valence-corrected chi connectivity index (χ2v) is 10.7. The fourth-order valence-corrected chi connectivity index (χ4v) is 7.63. The number of piperidine rings is 2. The summed E-state index contributed by atoms with van der Waals surface area (Å²) in [7, 11) is -3.99. The highest BCUT2D eigenvalue weighted by Gasteiger charge is 2.49. The molecule has 0 saturated carbocycles. The van der Waals surface area contributed by atoms with Crippen molar-refractivity contribution in [1.82, 2.24) is 14.2 Å². The normalized spacial score (nSPS) is 31.5. The molecule has 4 heterocycles. The molecule has 3 fully saturated rings. The van der Waals surface area contributed by atoms with E-state index in [1.807, 2.05) is 0 Å². The van der Waals surface area contributed by atoms with Crippen LogP contribution in [0, 0.1) is 5.92 Å². The van der Waals surface area contributed by atoms with Crippen LogP contribution in [-0.2, 0) is 16.2 Å². The Bertz CT molecular complexity index is 774. The number of halogens is 3. The highest BCUT2D eigenvalue weighted by Crippen LogP contribution is 2.42. The van der Waals surface area contributed by atoms with Crippen molar-refractivity contribution in [3.63, 3.8) is 0 Å². The molecule has 0 aromatic carbocycles. The molecule has 3 aliphatic heterocycles. The van der Waals surface area contributed by atoms with Gasteiger partial charge in [0.2, 0.25) is 0 Å². The number of likely N-dealkylation sites (tertiary alicyclic amines) is 1. The summed E-state index contributed by atoms with van der Waals surface area (Å²) < 4.78 is 65.9. The van der Waals surface area contributed by atoms with Gasteiger partial charge < -0.3 is 4.90 Å². The first-order chi connectivity index (χ1) is 12.7. The van der Waals surface area contributed by atoms with Crippen LogP contribution >= 0.6 is 11.3 Å². The van der Waals surface area contributed by atoms with Gasteiger partial charge in [0.25, 0.3) is 10.0 Å². The predicted octanol–water partition coefficient (Wildman–Crippen LogP) is 3.58. The van der Waals surface area contributed by atoms with Crippen molar-refractivity contribution in [2.75, 3.05) is 13.1 Å². The second kappa shape index (κ2) is 6.96. The number of hydrogen-bond donors (Lipinski definition) is 0. The molecular formula is C17H24F3N3O2S2. The zero-order valence-electron chi connectivity index (χ0n) is 15.2. The van der Waals surface area contributed by atoms with Gasteiger partial charge in [-0.1, -0.05) is 6.92 Å². The van der Waals surface area contributed by atoms with E-state index in [4.69, 9.17) is 0 Å². The molecule has 0 radical (unpaired) electrons. The summed E-state index contributed by atoms with van der Waals surface area (Å²) >= 11 is 0.343. The lowest BCUT2D eigenvalue weighted by molar-refractivity contribution is -0.137. The molecule has 5 nitrogen and oxygen atoms in total. The third kappa shape index (κ3) is 3.65. The maximum atomic E-state index is 13.0. The van der Waals surface area contributed by atoms with Crippen LogP contribution in [0.4, 0.5) is 13.2 Å². The zero-order valence-corrected chi connectivity index (χ0v) is 16.8. The van der Waals surface area contributed by atoms with E-state index in [0.717, 1.165) is 50.1 Å². The van der Waals surface area contributed by atoms with Gasteiger partial charge in [-0.05, 0) is 57.5 Å². The largest absolute Gasteiger partial charge is 0.443 e. The summed E-state index contributed by atoms with van der Waals surface area (Å²) in [6.07, 6.45) is 0.818. The van der Waals surface area contributed by atoms with Crippen LogP contribution in [0.25, 0.3) is 0 Å². The maximum Gasteiger partial charge on any atom is 0.443 e. The quantitative estimate of drug-likeness (QED) is 0.746. The first-order valence-electron chi connectivity index (χ1n) is 9.46. The number of hydrogen-bond acceptors (Lipinski definition) is 5.